The van der Waals surface area contributed by atoms with E-state index < -0.39 is 16.2 Å². The molecule has 28 heavy (non-hydrogen) atoms. The van der Waals surface area contributed by atoms with E-state index in [2.05, 4.69) is 5.32 Å². The lowest BCUT2D eigenvalue weighted by molar-refractivity contribution is -0.385. The van der Waals surface area contributed by atoms with E-state index in [9.17, 15) is 19.7 Å². The molecule has 0 saturated heterocycles. The third kappa shape index (κ3) is 3.84. The van der Waals surface area contributed by atoms with Gasteiger partial charge in [0.1, 0.15) is 5.56 Å². The minimum Gasteiger partial charge on any atom is -0.322 e. The Morgan fingerprint density at radius 3 is 2.54 bits per heavy atom. The number of benzene rings is 2. The van der Waals surface area contributed by atoms with E-state index in [0.717, 1.165) is 17.7 Å². The second-order valence-electron chi connectivity index (χ2n) is 7.67. The Balaban J connectivity index is 1.90. The Hall–Kier alpha value is -2.93. The van der Waals surface area contributed by atoms with Crippen LogP contribution in [0.3, 0.4) is 0 Å². The fraction of sp³-hybridized carbons (Fsp3) is 0.300. The molecule has 7 nitrogen and oxygen atoms in total. The average molecular weight is 402 g/mol. The predicted molar refractivity (Wildman–Crippen MR) is 108 cm³/mol. The molecule has 0 saturated carbocycles. The Labute approximate surface area is 167 Å². The molecule has 0 fully saturated rings. The van der Waals surface area contributed by atoms with Crippen LogP contribution in [0.4, 0.5) is 17.1 Å². The number of rotatable bonds is 3. The molecule has 0 aliphatic carbocycles. The standard InChI is InChI=1S/C20H20ClN3O4/c1-20(2,3)19(26)23-9-8-12-4-6-14(11-17(12)23)22-18(25)15-10-13(21)5-7-16(15)24(27)28/h4-7,10-11H,8-9H2,1-3H3,(H,22,25). The molecule has 2 aromatic rings. The molecule has 8 heteroatoms. The largest absolute Gasteiger partial charge is 0.322 e. The van der Waals surface area contributed by atoms with E-state index in [0.29, 0.717) is 12.2 Å². The molecule has 0 bridgehead atoms. The topological polar surface area (TPSA) is 92.6 Å². The van der Waals surface area contributed by atoms with Gasteiger partial charge >= 0.3 is 0 Å². The van der Waals surface area contributed by atoms with Crippen LogP contribution in [-0.2, 0) is 11.2 Å². The summed E-state index contributed by atoms with van der Waals surface area (Å²) in [5.74, 6) is -0.638. The number of fused-ring (bicyclic) bond motifs is 1. The van der Waals surface area contributed by atoms with Gasteiger partial charge in [-0.05, 0) is 36.2 Å². The van der Waals surface area contributed by atoms with Gasteiger partial charge in [-0.1, -0.05) is 38.4 Å². The zero-order valence-electron chi connectivity index (χ0n) is 15.8. The maximum absolute atomic E-state index is 12.7. The van der Waals surface area contributed by atoms with Crippen LogP contribution in [0.5, 0.6) is 0 Å². The van der Waals surface area contributed by atoms with E-state index >= 15 is 0 Å². The molecule has 0 radical (unpaired) electrons. The Bertz CT molecular complexity index is 982. The molecule has 1 N–H and O–H groups in total. The fourth-order valence-electron chi connectivity index (χ4n) is 3.12. The lowest BCUT2D eigenvalue weighted by atomic mass is 9.94. The second-order valence-corrected chi connectivity index (χ2v) is 8.11. The summed E-state index contributed by atoms with van der Waals surface area (Å²) in [7, 11) is 0. The van der Waals surface area contributed by atoms with Crippen LogP contribution in [-0.4, -0.2) is 23.3 Å². The van der Waals surface area contributed by atoms with Gasteiger partial charge in [-0.3, -0.25) is 19.7 Å². The lowest BCUT2D eigenvalue weighted by Crippen LogP contribution is -2.38. The molecule has 0 spiro atoms. The van der Waals surface area contributed by atoms with Gasteiger partial charge in [-0.25, -0.2) is 0 Å². The lowest BCUT2D eigenvalue weighted by Gasteiger charge is -2.26. The van der Waals surface area contributed by atoms with Crippen LogP contribution in [0.1, 0.15) is 36.7 Å². The number of hydrogen-bond acceptors (Lipinski definition) is 4. The van der Waals surface area contributed by atoms with Gasteiger partial charge in [0.25, 0.3) is 11.6 Å². The van der Waals surface area contributed by atoms with Crippen molar-refractivity contribution >= 4 is 40.5 Å². The molecule has 0 atom stereocenters. The normalized spacial score (nSPS) is 13.2. The second kappa shape index (κ2) is 7.24. The van der Waals surface area contributed by atoms with Crippen LogP contribution in [0.15, 0.2) is 36.4 Å². The highest BCUT2D eigenvalue weighted by atomic mass is 35.5. The first-order valence-electron chi connectivity index (χ1n) is 8.78. The van der Waals surface area contributed by atoms with Crippen molar-refractivity contribution in [3.8, 4) is 0 Å². The Morgan fingerprint density at radius 1 is 1.18 bits per heavy atom. The van der Waals surface area contributed by atoms with Gasteiger partial charge in [-0.15, -0.1) is 0 Å². The van der Waals surface area contributed by atoms with Gasteiger partial charge in [-0.2, -0.15) is 0 Å². The van der Waals surface area contributed by atoms with Gasteiger partial charge in [0, 0.05) is 34.4 Å². The molecule has 3 rings (SSSR count). The summed E-state index contributed by atoms with van der Waals surface area (Å²) in [5, 5.41) is 14.1. The number of nitrogens with one attached hydrogen (secondary N) is 1. The smallest absolute Gasteiger partial charge is 0.282 e. The highest BCUT2D eigenvalue weighted by Crippen LogP contribution is 2.34. The average Bonchev–Trinajstić information content (AvgIpc) is 3.02. The highest BCUT2D eigenvalue weighted by Gasteiger charge is 2.32. The van der Waals surface area contributed by atoms with Crippen molar-refractivity contribution in [3.63, 3.8) is 0 Å². The molecule has 0 unspecified atom stereocenters. The molecule has 2 aromatic carbocycles. The van der Waals surface area contributed by atoms with Crippen molar-refractivity contribution in [1.29, 1.82) is 0 Å². The molecule has 1 aliphatic heterocycles. The summed E-state index contributed by atoms with van der Waals surface area (Å²) < 4.78 is 0. The highest BCUT2D eigenvalue weighted by molar-refractivity contribution is 6.31. The first kappa shape index (κ1) is 19.8. The molecular weight excluding hydrogens is 382 g/mol. The number of nitro benzene ring substituents is 1. The predicted octanol–water partition coefficient (Wildman–Crippen LogP) is 4.44. The van der Waals surface area contributed by atoms with Crippen LogP contribution in [0, 0.1) is 15.5 Å². The van der Waals surface area contributed by atoms with Gasteiger partial charge in [0.15, 0.2) is 0 Å². The van der Waals surface area contributed by atoms with Crippen molar-refractivity contribution in [2.45, 2.75) is 27.2 Å². The number of carbonyl (C=O) groups is 2. The first-order valence-corrected chi connectivity index (χ1v) is 9.16. The molecule has 1 aliphatic rings. The van der Waals surface area contributed by atoms with E-state index in [-0.39, 0.29) is 22.2 Å². The SMILES string of the molecule is CC(C)(C)C(=O)N1CCc2ccc(NC(=O)c3cc(Cl)ccc3[N+](=O)[O-])cc21. The minimum atomic E-state index is -0.638. The van der Waals surface area contributed by atoms with E-state index in [4.69, 9.17) is 11.6 Å². The third-order valence-corrected chi connectivity index (χ3v) is 4.76. The van der Waals surface area contributed by atoms with Crippen molar-refractivity contribution < 1.29 is 14.5 Å². The summed E-state index contributed by atoms with van der Waals surface area (Å²) in [6.45, 7) is 6.16. The zero-order valence-corrected chi connectivity index (χ0v) is 16.5. The molecule has 1 heterocycles. The Morgan fingerprint density at radius 2 is 1.89 bits per heavy atom. The van der Waals surface area contributed by atoms with Crippen molar-refractivity contribution in [1.82, 2.24) is 0 Å². The van der Waals surface area contributed by atoms with Crippen molar-refractivity contribution in [2.24, 2.45) is 5.41 Å². The summed E-state index contributed by atoms with van der Waals surface area (Å²) in [6, 6.07) is 9.12. The quantitative estimate of drug-likeness (QED) is 0.608. The number of amides is 2. The maximum atomic E-state index is 12.7. The fourth-order valence-corrected chi connectivity index (χ4v) is 3.29. The van der Waals surface area contributed by atoms with Crippen molar-refractivity contribution in [3.05, 3.63) is 62.7 Å². The third-order valence-electron chi connectivity index (χ3n) is 4.53. The number of carbonyl (C=O) groups excluding carboxylic acids is 2. The van der Waals surface area contributed by atoms with Gasteiger partial charge in [0.05, 0.1) is 4.92 Å². The van der Waals surface area contributed by atoms with Crippen molar-refractivity contribution in [2.75, 3.05) is 16.8 Å². The van der Waals surface area contributed by atoms with E-state index in [1.54, 1.807) is 17.0 Å². The van der Waals surface area contributed by atoms with Gasteiger partial charge in [0.2, 0.25) is 5.91 Å². The summed E-state index contributed by atoms with van der Waals surface area (Å²) in [4.78, 5) is 37.6. The van der Waals surface area contributed by atoms with E-state index in [1.165, 1.54) is 18.2 Å². The van der Waals surface area contributed by atoms with Crippen LogP contribution in [0.25, 0.3) is 0 Å². The molecule has 146 valence electrons. The zero-order chi connectivity index (χ0) is 20.6. The summed E-state index contributed by atoms with van der Waals surface area (Å²) in [6.07, 6.45) is 0.741. The number of nitrogens with zero attached hydrogens (tertiary/aromatic N) is 2. The monoisotopic (exact) mass is 401 g/mol. The van der Waals surface area contributed by atoms with Crippen LogP contribution < -0.4 is 10.2 Å². The van der Waals surface area contributed by atoms with Crippen LogP contribution in [0.2, 0.25) is 5.02 Å². The number of nitro groups is 1. The summed E-state index contributed by atoms with van der Waals surface area (Å²) in [5.41, 5.74) is 1.24. The summed E-state index contributed by atoms with van der Waals surface area (Å²) >= 11 is 5.90. The minimum absolute atomic E-state index is 0.000190. The Kier molecular flexibility index (Phi) is 5.12. The van der Waals surface area contributed by atoms with Gasteiger partial charge < -0.3 is 10.2 Å². The number of hydrogen-bond donors (Lipinski definition) is 1. The molecule has 2 amide bonds. The van der Waals surface area contributed by atoms with Crippen LogP contribution >= 0.6 is 11.6 Å². The molecule has 0 aromatic heterocycles. The first-order chi connectivity index (χ1) is 13.1. The molecular formula is C20H20ClN3O4. The number of anilines is 2. The number of halogens is 1. The maximum Gasteiger partial charge on any atom is 0.282 e. The van der Waals surface area contributed by atoms with E-state index in [1.807, 2.05) is 26.8 Å².